The van der Waals surface area contributed by atoms with E-state index in [4.69, 9.17) is 4.74 Å². The van der Waals surface area contributed by atoms with Gasteiger partial charge in [-0.25, -0.2) is 9.78 Å². The molecule has 0 saturated heterocycles. The largest absolute Gasteiger partial charge is 0.448 e. The van der Waals surface area contributed by atoms with Crippen LogP contribution in [0, 0.1) is 10.1 Å². The lowest BCUT2D eigenvalue weighted by molar-refractivity contribution is -0.383. The number of amides is 1. The summed E-state index contributed by atoms with van der Waals surface area (Å²) in [5.74, 6) is -1.44. The Morgan fingerprint density at radius 2 is 1.78 bits per heavy atom. The standard InChI is InChI=1S/C19H15N3O5/c1-12(18(23)21-15-8-4-5-9-17(15)22(25)26)27-19(24)16-11-10-13-6-2-3-7-14(13)20-16/h2-12H,1H3,(H,21,23)/t12-/m1/s1. The number of benzene rings is 2. The van der Waals surface area contributed by atoms with Gasteiger partial charge in [-0.3, -0.25) is 14.9 Å². The normalized spacial score (nSPS) is 11.6. The van der Waals surface area contributed by atoms with Crippen molar-refractivity contribution in [3.63, 3.8) is 0 Å². The number of pyridine rings is 1. The summed E-state index contributed by atoms with van der Waals surface area (Å²) in [4.78, 5) is 39.1. The number of anilines is 1. The maximum absolute atomic E-state index is 12.3. The zero-order chi connectivity index (χ0) is 19.4. The van der Waals surface area contributed by atoms with Crippen LogP contribution in [0.1, 0.15) is 17.4 Å². The van der Waals surface area contributed by atoms with Gasteiger partial charge in [0.15, 0.2) is 6.10 Å². The first kappa shape index (κ1) is 18.0. The van der Waals surface area contributed by atoms with Gasteiger partial charge >= 0.3 is 5.97 Å². The van der Waals surface area contributed by atoms with Gasteiger partial charge < -0.3 is 10.1 Å². The monoisotopic (exact) mass is 365 g/mol. The highest BCUT2D eigenvalue weighted by Gasteiger charge is 2.22. The second-order valence-electron chi connectivity index (χ2n) is 5.70. The van der Waals surface area contributed by atoms with Crippen LogP contribution in [0.3, 0.4) is 0 Å². The Kier molecular flexibility index (Phi) is 5.07. The minimum atomic E-state index is -1.16. The first-order valence-electron chi connectivity index (χ1n) is 8.07. The number of ether oxygens (including phenoxy) is 1. The summed E-state index contributed by atoms with van der Waals surface area (Å²) >= 11 is 0. The van der Waals surface area contributed by atoms with E-state index in [9.17, 15) is 19.7 Å². The van der Waals surface area contributed by atoms with E-state index in [-0.39, 0.29) is 17.1 Å². The molecule has 8 heteroatoms. The van der Waals surface area contributed by atoms with E-state index in [1.807, 2.05) is 12.1 Å². The van der Waals surface area contributed by atoms with Crippen LogP contribution in [-0.2, 0) is 9.53 Å². The van der Waals surface area contributed by atoms with Crippen LogP contribution in [0.25, 0.3) is 10.9 Å². The molecule has 1 atom stereocenters. The lowest BCUT2D eigenvalue weighted by atomic mass is 10.2. The zero-order valence-electron chi connectivity index (χ0n) is 14.3. The molecule has 1 amide bonds. The van der Waals surface area contributed by atoms with Crippen molar-refractivity contribution in [3.8, 4) is 0 Å². The van der Waals surface area contributed by atoms with Crippen molar-refractivity contribution in [2.45, 2.75) is 13.0 Å². The molecular weight excluding hydrogens is 350 g/mol. The van der Waals surface area contributed by atoms with Crippen molar-refractivity contribution in [1.82, 2.24) is 4.98 Å². The third kappa shape index (κ3) is 4.06. The summed E-state index contributed by atoms with van der Waals surface area (Å²) in [5.41, 5.74) is 0.475. The van der Waals surface area contributed by atoms with Crippen molar-refractivity contribution in [1.29, 1.82) is 0 Å². The third-order valence-corrected chi connectivity index (χ3v) is 3.82. The molecule has 8 nitrogen and oxygen atoms in total. The third-order valence-electron chi connectivity index (χ3n) is 3.82. The molecule has 0 aliphatic carbocycles. The van der Waals surface area contributed by atoms with E-state index in [0.29, 0.717) is 5.52 Å². The van der Waals surface area contributed by atoms with Gasteiger partial charge in [-0.2, -0.15) is 0 Å². The predicted molar refractivity (Wildman–Crippen MR) is 98.3 cm³/mol. The Morgan fingerprint density at radius 3 is 2.56 bits per heavy atom. The number of carbonyl (C=O) groups excluding carboxylic acids is 2. The minimum absolute atomic E-state index is 0.0271. The van der Waals surface area contributed by atoms with Gasteiger partial charge in [0.2, 0.25) is 0 Å². The van der Waals surface area contributed by atoms with Crippen molar-refractivity contribution in [2.24, 2.45) is 0 Å². The molecule has 1 aromatic heterocycles. The average Bonchev–Trinajstić information content (AvgIpc) is 2.67. The molecule has 0 aliphatic heterocycles. The summed E-state index contributed by atoms with van der Waals surface area (Å²) in [6, 6.07) is 16.2. The van der Waals surface area contributed by atoms with Gasteiger partial charge in [0.25, 0.3) is 11.6 Å². The molecule has 0 radical (unpaired) electrons. The lowest BCUT2D eigenvalue weighted by Gasteiger charge is -2.13. The smallest absolute Gasteiger partial charge is 0.357 e. The van der Waals surface area contributed by atoms with Crippen molar-refractivity contribution in [3.05, 3.63) is 76.5 Å². The van der Waals surface area contributed by atoms with E-state index in [2.05, 4.69) is 10.3 Å². The number of hydrogen-bond donors (Lipinski definition) is 1. The van der Waals surface area contributed by atoms with E-state index >= 15 is 0 Å². The number of nitro benzene ring substituents is 1. The maximum Gasteiger partial charge on any atom is 0.357 e. The Morgan fingerprint density at radius 1 is 1.07 bits per heavy atom. The fraction of sp³-hybridized carbons (Fsp3) is 0.105. The molecular formula is C19H15N3O5. The number of nitrogens with one attached hydrogen (secondary N) is 1. The fourth-order valence-electron chi connectivity index (χ4n) is 2.43. The SMILES string of the molecule is C[C@@H](OC(=O)c1ccc2ccccc2n1)C(=O)Nc1ccccc1[N+](=O)[O-]. The van der Waals surface area contributed by atoms with Crippen LogP contribution < -0.4 is 5.32 Å². The van der Waals surface area contributed by atoms with E-state index in [1.54, 1.807) is 24.3 Å². The molecule has 3 aromatic rings. The number of nitrogens with zero attached hydrogens (tertiary/aromatic N) is 2. The number of rotatable bonds is 5. The highest BCUT2D eigenvalue weighted by atomic mass is 16.6. The topological polar surface area (TPSA) is 111 Å². The van der Waals surface area contributed by atoms with Gasteiger partial charge in [-0.15, -0.1) is 0 Å². The van der Waals surface area contributed by atoms with Crippen LogP contribution in [0.2, 0.25) is 0 Å². The van der Waals surface area contributed by atoms with Crippen LogP contribution >= 0.6 is 0 Å². The van der Waals surface area contributed by atoms with Crippen LogP contribution in [0.4, 0.5) is 11.4 Å². The number of esters is 1. The zero-order valence-corrected chi connectivity index (χ0v) is 14.3. The second kappa shape index (κ2) is 7.61. The molecule has 136 valence electrons. The molecule has 3 rings (SSSR count). The van der Waals surface area contributed by atoms with Crippen molar-refractivity contribution >= 4 is 34.2 Å². The van der Waals surface area contributed by atoms with Gasteiger partial charge in [0.05, 0.1) is 10.4 Å². The number of carbonyl (C=O) groups is 2. The van der Waals surface area contributed by atoms with Gasteiger partial charge in [0, 0.05) is 11.5 Å². The van der Waals surface area contributed by atoms with E-state index in [1.165, 1.54) is 31.2 Å². The summed E-state index contributed by atoms with van der Waals surface area (Å²) in [6.45, 7) is 1.38. The van der Waals surface area contributed by atoms with Crippen LogP contribution in [-0.4, -0.2) is 27.9 Å². The average molecular weight is 365 g/mol. The molecule has 0 fully saturated rings. The summed E-state index contributed by atoms with van der Waals surface area (Å²) < 4.78 is 5.14. The molecule has 2 aromatic carbocycles. The number of fused-ring (bicyclic) bond motifs is 1. The Labute approximate surface area is 153 Å². The Bertz CT molecular complexity index is 1030. The van der Waals surface area contributed by atoms with Crippen LogP contribution in [0.15, 0.2) is 60.7 Å². The second-order valence-corrected chi connectivity index (χ2v) is 5.70. The molecule has 1 heterocycles. The Balaban J connectivity index is 1.70. The number of aromatic nitrogens is 1. The highest BCUT2D eigenvalue weighted by molar-refractivity contribution is 5.98. The molecule has 1 N–H and O–H groups in total. The number of nitro groups is 1. The summed E-state index contributed by atoms with van der Waals surface area (Å²) in [6.07, 6.45) is -1.16. The summed E-state index contributed by atoms with van der Waals surface area (Å²) in [5, 5.41) is 14.3. The predicted octanol–water partition coefficient (Wildman–Crippen LogP) is 3.33. The first-order chi connectivity index (χ1) is 13.0. The van der Waals surface area contributed by atoms with Gasteiger partial charge in [0.1, 0.15) is 11.4 Å². The maximum atomic E-state index is 12.3. The molecule has 0 saturated carbocycles. The quantitative estimate of drug-likeness (QED) is 0.422. The van der Waals surface area contributed by atoms with Crippen molar-refractivity contribution in [2.75, 3.05) is 5.32 Å². The molecule has 0 bridgehead atoms. The van der Waals surface area contributed by atoms with Gasteiger partial charge in [-0.1, -0.05) is 36.4 Å². The highest BCUT2D eigenvalue weighted by Crippen LogP contribution is 2.23. The van der Waals surface area contributed by atoms with E-state index < -0.39 is 22.9 Å². The van der Waals surface area contributed by atoms with Crippen LogP contribution in [0.5, 0.6) is 0 Å². The lowest BCUT2D eigenvalue weighted by Crippen LogP contribution is -2.30. The first-order valence-corrected chi connectivity index (χ1v) is 8.07. The van der Waals surface area contributed by atoms with E-state index in [0.717, 1.165) is 5.39 Å². The minimum Gasteiger partial charge on any atom is -0.448 e. The molecule has 0 aliphatic rings. The number of para-hydroxylation sites is 3. The Hall–Kier alpha value is -3.81. The molecule has 27 heavy (non-hydrogen) atoms. The fourth-order valence-corrected chi connectivity index (χ4v) is 2.43. The molecule has 0 unspecified atom stereocenters. The van der Waals surface area contributed by atoms with Crippen molar-refractivity contribution < 1.29 is 19.2 Å². The number of hydrogen-bond acceptors (Lipinski definition) is 6. The van der Waals surface area contributed by atoms with Gasteiger partial charge in [-0.05, 0) is 25.1 Å². The summed E-state index contributed by atoms with van der Waals surface area (Å²) in [7, 11) is 0. The molecule has 0 spiro atoms.